The Balaban J connectivity index is 2.42. The molecular formula is C18H21N3O5S. The van der Waals surface area contributed by atoms with E-state index in [1.165, 1.54) is 36.4 Å². The zero-order valence-electron chi connectivity index (χ0n) is 15.0. The average molecular weight is 391 g/mol. The van der Waals surface area contributed by atoms with Crippen LogP contribution in [0.1, 0.15) is 20.3 Å². The fourth-order valence-electron chi connectivity index (χ4n) is 2.33. The second kappa shape index (κ2) is 8.63. The van der Waals surface area contributed by atoms with Crippen LogP contribution in [0.15, 0.2) is 59.5 Å². The van der Waals surface area contributed by atoms with Gasteiger partial charge in [-0.05, 0) is 37.6 Å². The molecule has 0 aliphatic rings. The number of sulfonamides is 1. The van der Waals surface area contributed by atoms with Crippen molar-refractivity contribution in [1.82, 2.24) is 5.32 Å². The number of benzene rings is 2. The third-order valence-corrected chi connectivity index (χ3v) is 5.77. The van der Waals surface area contributed by atoms with E-state index in [4.69, 9.17) is 0 Å². The molecule has 144 valence electrons. The van der Waals surface area contributed by atoms with Gasteiger partial charge in [-0.15, -0.1) is 0 Å². The van der Waals surface area contributed by atoms with E-state index in [0.29, 0.717) is 6.42 Å². The summed E-state index contributed by atoms with van der Waals surface area (Å²) in [6.45, 7) is 3.29. The lowest BCUT2D eigenvalue weighted by atomic mass is 10.2. The van der Waals surface area contributed by atoms with Gasteiger partial charge in [-0.2, -0.15) is 0 Å². The highest BCUT2D eigenvalue weighted by atomic mass is 32.2. The van der Waals surface area contributed by atoms with Gasteiger partial charge in [0, 0.05) is 18.2 Å². The quantitative estimate of drug-likeness (QED) is 0.549. The minimum absolute atomic E-state index is 0.0275. The monoisotopic (exact) mass is 391 g/mol. The number of hydrogen-bond acceptors (Lipinski definition) is 5. The van der Waals surface area contributed by atoms with Gasteiger partial charge in [0.15, 0.2) is 0 Å². The van der Waals surface area contributed by atoms with Gasteiger partial charge in [0.1, 0.15) is 6.54 Å². The summed E-state index contributed by atoms with van der Waals surface area (Å²) in [4.78, 5) is 22.6. The molecule has 8 nitrogen and oxygen atoms in total. The van der Waals surface area contributed by atoms with E-state index in [0.717, 1.165) is 4.31 Å². The molecule has 0 saturated heterocycles. The van der Waals surface area contributed by atoms with Crippen LogP contribution in [0.3, 0.4) is 0 Å². The lowest BCUT2D eigenvalue weighted by molar-refractivity contribution is -0.384. The number of amides is 1. The summed E-state index contributed by atoms with van der Waals surface area (Å²) in [7, 11) is -4.02. The zero-order valence-corrected chi connectivity index (χ0v) is 15.8. The van der Waals surface area contributed by atoms with Crippen LogP contribution in [0.25, 0.3) is 0 Å². The van der Waals surface area contributed by atoms with Crippen LogP contribution in [0, 0.1) is 10.1 Å². The Kier molecular flexibility index (Phi) is 6.51. The SMILES string of the molecule is CCC(C)NC(=O)CN(c1ccc([N+](=O)[O-])cc1)S(=O)(=O)c1ccccc1. The number of carbonyl (C=O) groups excluding carboxylic acids is 1. The summed E-state index contributed by atoms with van der Waals surface area (Å²) in [6, 6.07) is 12.6. The Labute approximate surface area is 158 Å². The first-order valence-electron chi connectivity index (χ1n) is 8.37. The zero-order chi connectivity index (χ0) is 20.0. The fourth-order valence-corrected chi connectivity index (χ4v) is 3.77. The van der Waals surface area contributed by atoms with Gasteiger partial charge in [-0.25, -0.2) is 8.42 Å². The summed E-state index contributed by atoms with van der Waals surface area (Å²) in [5.41, 5.74) is 0.00335. The van der Waals surface area contributed by atoms with Crippen LogP contribution in [0.5, 0.6) is 0 Å². The van der Waals surface area contributed by atoms with Gasteiger partial charge < -0.3 is 5.32 Å². The Hall–Kier alpha value is -2.94. The number of carbonyl (C=O) groups is 1. The van der Waals surface area contributed by atoms with Crippen molar-refractivity contribution in [2.45, 2.75) is 31.2 Å². The summed E-state index contributed by atoms with van der Waals surface area (Å²) in [5, 5.41) is 13.6. The second-order valence-electron chi connectivity index (χ2n) is 5.98. The molecule has 1 unspecified atom stereocenters. The maximum atomic E-state index is 13.1. The largest absolute Gasteiger partial charge is 0.352 e. The number of anilines is 1. The molecule has 2 aromatic carbocycles. The number of rotatable bonds is 8. The topological polar surface area (TPSA) is 110 Å². The molecule has 0 saturated carbocycles. The van der Waals surface area contributed by atoms with Gasteiger partial charge >= 0.3 is 0 Å². The molecule has 27 heavy (non-hydrogen) atoms. The minimum Gasteiger partial charge on any atom is -0.352 e. The standard InChI is InChI=1S/C18H21N3O5S/c1-3-14(2)19-18(22)13-20(15-9-11-16(12-10-15)21(23)24)27(25,26)17-7-5-4-6-8-17/h4-12,14H,3,13H2,1-2H3,(H,19,22). The first-order chi connectivity index (χ1) is 12.8. The van der Waals surface area contributed by atoms with Crippen LogP contribution in [0.4, 0.5) is 11.4 Å². The Morgan fingerprint density at radius 3 is 2.26 bits per heavy atom. The van der Waals surface area contributed by atoms with Crippen molar-refractivity contribution in [2.75, 3.05) is 10.8 Å². The van der Waals surface area contributed by atoms with Gasteiger partial charge in [0.2, 0.25) is 5.91 Å². The molecule has 2 rings (SSSR count). The van der Waals surface area contributed by atoms with Crippen molar-refractivity contribution in [1.29, 1.82) is 0 Å². The number of non-ortho nitro benzene ring substituents is 1. The van der Waals surface area contributed by atoms with Gasteiger partial charge in [0.25, 0.3) is 15.7 Å². The van der Waals surface area contributed by atoms with E-state index in [-0.39, 0.29) is 22.3 Å². The summed E-state index contributed by atoms with van der Waals surface area (Å²) in [5.74, 6) is -0.456. The molecule has 1 atom stereocenters. The van der Waals surface area contributed by atoms with E-state index < -0.39 is 27.4 Å². The Morgan fingerprint density at radius 2 is 1.74 bits per heavy atom. The highest BCUT2D eigenvalue weighted by molar-refractivity contribution is 7.92. The molecular weight excluding hydrogens is 370 g/mol. The van der Waals surface area contributed by atoms with Gasteiger partial charge in [-0.3, -0.25) is 19.2 Å². The number of nitrogens with zero attached hydrogens (tertiary/aromatic N) is 2. The molecule has 1 N–H and O–H groups in total. The maximum absolute atomic E-state index is 13.1. The highest BCUT2D eigenvalue weighted by Gasteiger charge is 2.27. The number of nitrogens with one attached hydrogen (secondary N) is 1. The van der Waals surface area contributed by atoms with Crippen LogP contribution < -0.4 is 9.62 Å². The van der Waals surface area contributed by atoms with E-state index in [1.54, 1.807) is 18.2 Å². The Morgan fingerprint density at radius 1 is 1.15 bits per heavy atom. The first-order valence-corrected chi connectivity index (χ1v) is 9.81. The van der Waals surface area contributed by atoms with Crippen molar-refractivity contribution in [3.63, 3.8) is 0 Å². The predicted molar refractivity (Wildman–Crippen MR) is 102 cm³/mol. The molecule has 2 aromatic rings. The molecule has 0 fully saturated rings. The Bertz CT molecular complexity index is 898. The van der Waals surface area contributed by atoms with Crippen LogP contribution in [-0.2, 0) is 14.8 Å². The van der Waals surface area contributed by atoms with E-state index >= 15 is 0 Å². The van der Waals surface area contributed by atoms with Crippen molar-refractivity contribution in [2.24, 2.45) is 0 Å². The number of hydrogen-bond donors (Lipinski definition) is 1. The van der Waals surface area contributed by atoms with Crippen molar-refractivity contribution in [3.05, 3.63) is 64.7 Å². The van der Waals surface area contributed by atoms with Crippen molar-refractivity contribution in [3.8, 4) is 0 Å². The van der Waals surface area contributed by atoms with Crippen LogP contribution in [0.2, 0.25) is 0 Å². The number of nitro benzene ring substituents is 1. The minimum atomic E-state index is -4.02. The second-order valence-corrected chi connectivity index (χ2v) is 7.84. The summed E-state index contributed by atoms with van der Waals surface area (Å²) in [6.07, 6.45) is 0.703. The van der Waals surface area contributed by atoms with Crippen molar-refractivity contribution >= 4 is 27.3 Å². The third kappa shape index (κ3) is 5.04. The van der Waals surface area contributed by atoms with E-state index in [1.807, 2.05) is 13.8 Å². The normalized spacial score (nSPS) is 12.2. The molecule has 0 heterocycles. The molecule has 0 aliphatic heterocycles. The predicted octanol–water partition coefficient (Wildman–Crippen LogP) is 2.70. The molecule has 0 spiro atoms. The maximum Gasteiger partial charge on any atom is 0.269 e. The highest BCUT2D eigenvalue weighted by Crippen LogP contribution is 2.25. The number of nitro groups is 1. The lowest BCUT2D eigenvalue weighted by Gasteiger charge is -2.24. The van der Waals surface area contributed by atoms with E-state index in [9.17, 15) is 23.3 Å². The summed E-state index contributed by atoms with van der Waals surface area (Å²) < 4.78 is 27.1. The first kappa shape index (κ1) is 20.4. The smallest absolute Gasteiger partial charge is 0.269 e. The van der Waals surface area contributed by atoms with Crippen LogP contribution in [-0.4, -0.2) is 31.8 Å². The average Bonchev–Trinajstić information content (AvgIpc) is 2.66. The molecule has 0 bridgehead atoms. The van der Waals surface area contributed by atoms with Gasteiger partial charge in [-0.1, -0.05) is 25.1 Å². The molecule has 9 heteroatoms. The van der Waals surface area contributed by atoms with Crippen molar-refractivity contribution < 1.29 is 18.1 Å². The summed E-state index contributed by atoms with van der Waals surface area (Å²) >= 11 is 0. The molecule has 0 aromatic heterocycles. The van der Waals surface area contributed by atoms with Gasteiger partial charge in [0.05, 0.1) is 15.5 Å². The third-order valence-electron chi connectivity index (χ3n) is 3.99. The molecule has 1 amide bonds. The van der Waals surface area contributed by atoms with Crippen LogP contribution >= 0.6 is 0 Å². The molecule has 0 aliphatic carbocycles. The van der Waals surface area contributed by atoms with E-state index in [2.05, 4.69) is 5.32 Å². The lowest BCUT2D eigenvalue weighted by Crippen LogP contribution is -2.43. The fraction of sp³-hybridized carbons (Fsp3) is 0.278. The molecule has 0 radical (unpaired) electrons.